The first kappa shape index (κ1) is 15.3. The molecule has 3 nitrogen and oxygen atoms in total. The lowest BCUT2D eigenvalue weighted by molar-refractivity contribution is -0.133. The largest absolute Gasteiger partial charge is 0.340 e. The average molecular weight is 295 g/mol. The number of carbonyl (C=O) groups is 1. The molecule has 1 aromatic carbocycles. The van der Waals surface area contributed by atoms with Gasteiger partial charge in [-0.15, -0.1) is 0 Å². The zero-order valence-electron chi connectivity index (χ0n) is 12.0. The van der Waals surface area contributed by atoms with Gasteiger partial charge in [-0.1, -0.05) is 23.7 Å². The van der Waals surface area contributed by atoms with Crippen LogP contribution in [0.5, 0.6) is 0 Å². The van der Waals surface area contributed by atoms with E-state index in [1.807, 2.05) is 36.1 Å². The molecule has 4 heteroatoms. The van der Waals surface area contributed by atoms with Gasteiger partial charge < -0.3 is 10.6 Å². The predicted octanol–water partition coefficient (Wildman–Crippen LogP) is 3.00. The number of nitrogens with two attached hydrogens (primary N) is 1. The van der Waals surface area contributed by atoms with Gasteiger partial charge in [-0.3, -0.25) is 4.79 Å². The van der Waals surface area contributed by atoms with Crippen LogP contribution in [0, 0.1) is 0 Å². The van der Waals surface area contributed by atoms with E-state index in [0.717, 1.165) is 37.8 Å². The van der Waals surface area contributed by atoms with Crippen LogP contribution in [-0.4, -0.2) is 29.4 Å². The third-order valence-corrected chi connectivity index (χ3v) is 4.32. The monoisotopic (exact) mass is 294 g/mol. The third kappa shape index (κ3) is 3.97. The fraction of sp³-hybridized carbons (Fsp3) is 0.562. The van der Waals surface area contributed by atoms with E-state index in [1.54, 1.807) is 0 Å². The van der Waals surface area contributed by atoms with E-state index in [4.69, 9.17) is 17.3 Å². The van der Waals surface area contributed by atoms with Gasteiger partial charge in [0, 0.05) is 23.7 Å². The summed E-state index contributed by atoms with van der Waals surface area (Å²) in [5.41, 5.74) is 6.92. The van der Waals surface area contributed by atoms with Crippen LogP contribution < -0.4 is 5.73 Å². The second kappa shape index (κ2) is 7.09. The van der Waals surface area contributed by atoms with Gasteiger partial charge in [-0.05, 0) is 50.3 Å². The number of hydrogen-bond donors (Lipinski definition) is 1. The van der Waals surface area contributed by atoms with Crippen LogP contribution >= 0.6 is 11.6 Å². The normalized spacial score (nSPS) is 22.6. The maximum absolute atomic E-state index is 12.5. The minimum atomic E-state index is 0.190. The number of carbonyl (C=O) groups excluding carboxylic acids is 1. The van der Waals surface area contributed by atoms with Gasteiger partial charge in [0.05, 0.1) is 6.42 Å². The van der Waals surface area contributed by atoms with E-state index in [1.165, 1.54) is 0 Å². The second-order valence-corrected chi connectivity index (χ2v) is 5.99. The molecule has 0 atom stereocenters. The summed E-state index contributed by atoms with van der Waals surface area (Å²) in [6.07, 6.45) is 4.51. The van der Waals surface area contributed by atoms with Gasteiger partial charge in [0.1, 0.15) is 0 Å². The summed E-state index contributed by atoms with van der Waals surface area (Å²) in [4.78, 5) is 14.5. The van der Waals surface area contributed by atoms with Crippen molar-refractivity contribution in [3.05, 3.63) is 34.9 Å². The Morgan fingerprint density at radius 1 is 1.35 bits per heavy atom. The van der Waals surface area contributed by atoms with Crippen molar-refractivity contribution in [1.82, 2.24) is 4.90 Å². The molecular formula is C16H23ClN2O. The van der Waals surface area contributed by atoms with Crippen LogP contribution in [0.3, 0.4) is 0 Å². The highest BCUT2D eigenvalue weighted by Crippen LogP contribution is 2.23. The lowest BCUT2D eigenvalue weighted by Gasteiger charge is -2.35. The average Bonchev–Trinajstić information content (AvgIpc) is 2.42. The Labute approximate surface area is 126 Å². The van der Waals surface area contributed by atoms with E-state index >= 15 is 0 Å². The van der Waals surface area contributed by atoms with Crippen molar-refractivity contribution in [3.63, 3.8) is 0 Å². The first-order valence-electron chi connectivity index (χ1n) is 7.39. The molecule has 110 valence electrons. The number of rotatable bonds is 4. The fourth-order valence-electron chi connectivity index (χ4n) is 2.97. The maximum Gasteiger partial charge on any atom is 0.227 e. The molecule has 0 aromatic heterocycles. The molecule has 2 N–H and O–H groups in total. The first-order chi connectivity index (χ1) is 9.60. The minimum Gasteiger partial charge on any atom is -0.340 e. The quantitative estimate of drug-likeness (QED) is 0.928. The van der Waals surface area contributed by atoms with Crippen LogP contribution in [-0.2, 0) is 11.2 Å². The van der Waals surface area contributed by atoms with Crippen LogP contribution in [0.15, 0.2) is 24.3 Å². The highest BCUT2D eigenvalue weighted by atomic mass is 35.5. The Bertz CT molecular complexity index is 456. The number of benzene rings is 1. The number of halogens is 1. The third-order valence-electron chi connectivity index (χ3n) is 4.09. The summed E-state index contributed by atoms with van der Waals surface area (Å²) >= 11 is 5.97. The molecule has 1 aliphatic rings. The van der Waals surface area contributed by atoms with Gasteiger partial charge in [0.15, 0.2) is 0 Å². The zero-order chi connectivity index (χ0) is 14.5. The summed E-state index contributed by atoms with van der Waals surface area (Å²) in [5.74, 6) is 0.190. The van der Waals surface area contributed by atoms with Crippen molar-refractivity contribution >= 4 is 17.5 Å². The molecular weight excluding hydrogens is 272 g/mol. The molecule has 20 heavy (non-hydrogen) atoms. The summed E-state index contributed by atoms with van der Waals surface area (Å²) in [5, 5.41) is 0.682. The molecule has 1 aliphatic carbocycles. The first-order valence-corrected chi connectivity index (χ1v) is 7.77. The van der Waals surface area contributed by atoms with Gasteiger partial charge in [-0.25, -0.2) is 0 Å². The van der Waals surface area contributed by atoms with Gasteiger partial charge >= 0.3 is 0 Å². The molecule has 0 heterocycles. The number of hydrogen-bond acceptors (Lipinski definition) is 2. The van der Waals surface area contributed by atoms with Crippen LogP contribution in [0.1, 0.15) is 38.2 Å². The van der Waals surface area contributed by atoms with E-state index in [9.17, 15) is 4.79 Å². The van der Waals surface area contributed by atoms with Crippen LogP contribution in [0.25, 0.3) is 0 Å². The lowest BCUT2D eigenvalue weighted by Crippen LogP contribution is -2.44. The smallest absolute Gasteiger partial charge is 0.227 e. The second-order valence-electron chi connectivity index (χ2n) is 5.56. The van der Waals surface area contributed by atoms with E-state index < -0.39 is 0 Å². The van der Waals surface area contributed by atoms with Crippen LogP contribution in [0.2, 0.25) is 5.02 Å². The minimum absolute atomic E-state index is 0.190. The van der Waals surface area contributed by atoms with Gasteiger partial charge in [0.2, 0.25) is 5.91 Å². The molecule has 1 saturated carbocycles. The summed E-state index contributed by atoms with van der Waals surface area (Å²) in [6, 6.07) is 8.20. The Morgan fingerprint density at radius 3 is 2.65 bits per heavy atom. The SMILES string of the molecule is CCN(C(=O)Cc1cccc(Cl)c1)C1CCC(N)CC1. The van der Waals surface area contributed by atoms with Crippen molar-refractivity contribution in [2.45, 2.75) is 51.1 Å². The summed E-state index contributed by atoms with van der Waals surface area (Å²) < 4.78 is 0. The number of nitrogens with zero attached hydrogens (tertiary/aromatic N) is 1. The summed E-state index contributed by atoms with van der Waals surface area (Å²) in [6.45, 7) is 2.81. The maximum atomic E-state index is 12.5. The number of likely N-dealkylation sites (N-methyl/N-ethyl adjacent to an activating group) is 1. The molecule has 0 spiro atoms. The van der Waals surface area contributed by atoms with E-state index in [2.05, 4.69) is 0 Å². The Kier molecular flexibility index (Phi) is 5.44. The fourth-order valence-corrected chi connectivity index (χ4v) is 3.19. The molecule has 1 amide bonds. The molecule has 0 saturated heterocycles. The van der Waals surface area contributed by atoms with Crippen LogP contribution in [0.4, 0.5) is 0 Å². The van der Waals surface area contributed by atoms with Gasteiger partial charge in [0.25, 0.3) is 0 Å². The van der Waals surface area contributed by atoms with Crippen molar-refractivity contribution in [1.29, 1.82) is 0 Å². The number of amides is 1. The highest BCUT2D eigenvalue weighted by Gasteiger charge is 2.26. The molecule has 0 aliphatic heterocycles. The van der Waals surface area contributed by atoms with Crippen molar-refractivity contribution in [3.8, 4) is 0 Å². The van der Waals surface area contributed by atoms with E-state index in [-0.39, 0.29) is 5.91 Å². The Hall–Kier alpha value is -1.06. The standard InChI is InChI=1S/C16H23ClN2O/c1-2-19(15-8-6-14(18)7-9-15)16(20)11-12-4-3-5-13(17)10-12/h3-5,10,14-15H,2,6-9,11,18H2,1H3. The van der Waals surface area contributed by atoms with E-state index in [0.29, 0.717) is 23.5 Å². The lowest BCUT2D eigenvalue weighted by atomic mass is 9.90. The molecule has 0 unspecified atom stereocenters. The Balaban J connectivity index is 1.98. The molecule has 0 radical (unpaired) electrons. The Morgan fingerprint density at radius 2 is 2.05 bits per heavy atom. The van der Waals surface area contributed by atoms with Crippen molar-refractivity contribution in [2.75, 3.05) is 6.54 Å². The van der Waals surface area contributed by atoms with Crippen molar-refractivity contribution in [2.24, 2.45) is 5.73 Å². The van der Waals surface area contributed by atoms with Crippen molar-refractivity contribution < 1.29 is 4.79 Å². The molecule has 0 bridgehead atoms. The molecule has 1 aromatic rings. The topological polar surface area (TPSA) is 46.3 Å². The molecule has 2 rings (SSSR count). The van der Waals surface area contributed by atoms with Gasteiger partial charge in [-0.2, -0.15) is 0 Å². The summed E-state index contributed by atoms with van der Waals surface area (Å²) in [7, 11) is 0. The predicted molar refractivity (Wildman–Crippen MR) is 82.8 cm³/mol. The molecule has 1 fully saturated rings. The highest BCUT2D eigenvalue weighted by molar-refractivity contribution is 6.30. The zero-order valence-corrected chi connectivity index (χ0v) is 12.8.